The van der Waals surface area contributed by atoms with Gasteiger partial charge in [-0.05, 0) is 11.4 Å². The van der Waals surface area contributed by atoms with Crippen molar-refractivity contribution < 1.29 is 36.7 Å². The van der Waals surface area contributed by atoms with Gasteiger partial charge in [0, 0.05) is 25.0 Å². The molecule has 0 unspecified atom stereocenters. The van der Waals surface area contributed by atoms with Crippen LogP contribution >= 0.6 is 11.3 Å². The number of hydrogen-bond donors (Lipinski definition) is 0. The van der Waals surface area contributed by atoms with Gasteiger partial charge in [0.05, 0.1) is 5.38 Å². The van der Waals surface area contributed by atoms with E-state index in [0.717, 1.165) is 6.29 Å². The van der Waals surface area contributed by atoms with Gasteiger partial charge in [-0.3, -0.25) is 4.79 Å². The topological polar surface area (TPSA) is 17.1 Å². The van der Waals surface area contributed by atoms with Gasteiger partial charge in [-0.2, -0.15) is 0 Å². The van der Waals surface area contributed by atoms with Crippen LogP contribution in [0.5, 0.6) is 0 Å². The Morgan fingerprint density at radius 3 is 2.56 bits per heavy atom. The summed E-state index contributed by atoms with van der Waals surface area (Å²) in [6, 6.07) is 1.73. The first-order valence-corrected chi connectivity index (χ1v) is 2.72. The molecule has 4 heteroatoms. The minimum absolute atomic E-state index is 0. The molecule has 1 aromatic rings. The molecule has 0 saturated carbocycles. The van der Waals surface area contributed by atoms with Crippen LogP contribution in [0.1, 0.15) is 10.4 Å². The monoisotopic (exact) mass is 210 g/mol. The molecule has 0 saturated heterocycles. The number of carbonyl (C=O) groups excluding carboxylic acids is 1. The maximum Gasteiger partial charge on any atom is 0.151 e. The van der Waals surface area contributed by atoms with Gasteiger partial charge in [-0.1, -0.05) is 0 Å². The van der Waals surface area contributed by atoms with E-state index in [2.05, 4.69) is 5.38 Å². The third kappa shape index (κ3) is 3.79. The van der Waals surface area contributed by atoms with Gasteiger partial charge in [0.2, 0.25) is 0 Å². The van der Waals surface area contributed by atoms with E-state index in [4.69, 9.17) is 0 Å². The van der Waals surface area contributed by atoms with Crippen molar-refractivity contribution in [1.82, 2.24) is 0 Å². The smallest absolute Gasteiger partial charge is 0.151 e. The summed E-state index contributed by atoms with van der Waals surface area (Å²) in [5.74, 6) is 0. The largest absolute Gasteiger partial charge is 1.00 e. The molecule has 0 spiro atoms. The molecule has 0 bridgehead atoms. The van der Waals surface area contributed by atoms with Gasteiger partial charge in [0.15, 0.2) is 6.29 Å². The third-order valence-electron chi connectivity index (χ3n) is 0.619. The molecule has 9 heavy (non-hydrogen) atoms. The summed E-state index contributed by atoms with van der Waals surface area (Å²) < 4.78 is 0. The van der Waals surface area contributed by atoms with Crippen molar-refractivity contribution in [3.63, 3.8) is 0 Å². The molecule has 0 fully saturated rings. The number of hydrogen-bond acceptors (Lipinski definition) is 2. The van der Waals surface area contributed by atoms with Gasteiger partial charge in [-0.25, -0.2) is 0 Å². The van der Waals surface area contributed by atoms with E-state index in [-0.39, 0.29) is 31.9 Å². The Morgan fingerprint density at radius 1 is 1.67 bits per heavy atom. The van der Waals surface area contributed by atoms with Crippen LogP contribution in [0.4, 0.5) is 0 Å². The second kappa shape index (κ2) is 6.40. The maximum absolute atomic E-state index is 9.84. The minimum atomic E-state index is 0. The molecule has 1 radical (unpaired) electrons. The Labute approximate surface area is 76.6 Å². The van der Waals surface area contributed by atoms with Crippen molar-refractivity contribution in [3.05, 3.63) is 22.4 Å². The Balaban J connectivity index is 0. The zero-order chi connectivity index (χ0) is 5.11. The Hall–Kier alpha value is 0.283. The van der Waals surface area contributed by atoms with E-state index < -0.39 is 0 Å². The molecule has 0 N–H and O–H groups in total. The predicted octanol–water partition coefficient (Wildman–Crippen LogP) is -1.64. The number of rotatable bonds is 1. The van der Waals surface area contributed by atoms with Crippen molar-refractivity contribution in [2.24, 2.45) is 0 Å². The summed E-state index contributed by atoms with van der Waals surface area (Å²) in [4.78, 5) is 9.84. The molecule has 1 rings (SSSR count). The van der Waals surface area contributed by atoms with Crippen LogP contribution in [0, 0.1) is 5.38 Å². The van der Waals surface area contributed by atoms with Crippen LogP contribution in [-0.4, -0.2) is 6.29 Å². The van der Waals surface area contributed by atoms with E-state index in [1.807, 2.05) is 5.38 Å². The van der Waals surface area contributed by atoms with Crippen molar-refractivity contribution in [3.8, 4) is 0 Å². The molecule has 0 aromatic carbocycles. The average molecular weight is 212 g/mol. The second-order valence-corrected chi connectivity index (χ2v) is 1.81. The van der Waals surface area contributed by atoms with E-state index in [1.54, 1.807) is 6.07 Å². The normalized spacial score (nSPS) is 6.67. The fourth-order valence-electron chi connectivity index (χ4n) is 0.307. The third-order valence-corrected chi connectivity index (χ3v) is 1.25. The summed E-state index contributed by atoms with van der Waals surface area (Å²) in [6.45, 7) is 0. The molecule has 0 atom stereocenters. The second-order valence-electron chi connectivity index (χ2n) is 1.10. The summed E-state index contributed by atoms with van der Waals surface area (Å²) in [5.41, 5.74) is 0.644. The number of carbonyl (C=O) groups is 1. The molecule has 0 amide bonds. The van der Waals surface area contributed by atoms with E-state index in [9.17, 15) is 4.79 Å². The molecule has 1 nitrogen and oxygen atoms in total. The minimum Gasteiger partial charge on any atom is -1.00 e. The SMILES string of the molecule is O=Cc1[c]scc1.[Cl-].[Zn]. The summed E-state index contributed by atoms with van der Waals surface area (Å²) in [7, 11) is 0. The Morgan fingerprint density at radius 2 is 2.33 bits per heavy atom. The fraction of sp³-hybridized carbons (Fsp3) is 0. The zero-order valence-corrected chi connectivity index (χ0v) is 9.17. The van der Waals surface area contributed by atoms with Crippen LogP contribution in [0.2, 0.25) is 0 Å². The Kier molecular flexibility index (Phi) is 8.54. The first-order chi connectivity index (χ1) is 3.43. The molecular weight excluding hydrogens is 209 g/mol. The Bertz CT molecular complexity index is 152. The summed E-state index contributed by atoms with van der Waals surface area (Å²) in [5, 5.41) is 4.58. The van der Waals surface area contributed by atoms with Crippen LogP contribution in [0.25, 0.3) is 0 Å². The molecule has 0 aliphatic rings. The van der Waals surface area contributed by atoms with E-state index >= 15 is 0 Å². The molecule has 0 aliphatic carbocycles. The van der Waals surface area contributed by atoms with Gasteiger partial charge in [0.1, 0.15) is 0 Å². The van der Waals surface area contributed by atoms with Crippen molar-refractivity contribution >= 4 is 17.6 Å². The quantitative estimate of drug-likeness (QED) is 0.403. The van der Waals surface area contributed by atoms with E-state index in [0.29, 0.717) is 5.56 Å². The first-order valence-electron chi connectivity index (χ1n) is 1.84. The molecule has 0 aliphatic heterocycles. The number of aldehydes is 1. The first kappa shape index (κ1) is 12.0. The molecule has 1 aromatic heterocycles. The number of halogens is 1. The maximum atomic E-state index is 9.84. The van der Waals surface area contributed by atoms with Gasteiger partial charge < -0.3 is 12.4 Å². The predicted molar refractivity (Wildman–Crippen MR) is 28.5 cm³/mol. The number of thiophene rings is 1. The van der Waals surface area contributed by atoms with Gasteiger partial charge in [-0.15, -0.1) is 11.3 Å². The van der Waals surface area contributed by atoms with Crippen LogP contribution in [0.15, 0.2) is 11.4 Å². The molecule has 45 valence electrons. The van der Waals surface area contributed by atoms with Crippen molar-refractivity contribution in [2.75, 3.05) is 0 Å². The summed E-state index contributed by atoms with van der Waals surface area (Å²) >= 11 is 1.41. The van der Waals surface area contributed by atoms with Crippen molar-refractivity contribution in [2.45, 2.75) is 0 Å². The van der Waals surface area contributed by atoms with Crippen LogP contribution < -0.4 is 12.4 Å². The molecule has 1 heterocycles. The van der Waals surface area contributed by atoms with Gasteiger partial charge >= 0.3 is 0 Å². The van der Waals surface area contributed by atoms with Gasteiger partial charge in [0.25, 0.3) is 0 Å². The fourth-order valence-corrected chi connectivity index (χ4v) is 0.842. The summed E-state index contributed by atoms with van der Waals surface area (Å²) in [6.07, 6.45) is 0.788. The standard InChI is InChI=1S/C5H3OS.ClH.Zn/c6-3-5-1-2-7-4-5;;/h1-3H;1H;/p-1. The average Bonchev–Trinajstić information content (AvgIpc) is 2.14. The van der Waals surface area contributed by atoms with Crippen LogP contribution in [-0.2, 0) is 19.5 Å². The van der Waals surface area contributed by atoms with Crippen LogP contribution in [0.3, 0.4) is 0 Å². The van der Waals surface area contributed by atoms with E-state index in [1.165, 1.54) is 11.3 Å². The molecular formula is C5H3ClOSZn-. The zero-order valence-electron chi connectivity index (χ0n) is 4.63. The van der Waals surface area contributed by atoms with Crippen molar-refractivity contribution in [1.29, 1.82) is 0 Å².